The molecule has 0 aliphatic rings. The van der Waals surface area contributed by atoms with Gasteiger partial charge in [0, 0.05) is 24.0 Å². The number of nitrogens with two attached hydrogens (primary N) is 1. The number of aryl methyl sites for hydroxylation is 1. The minimum atomic E-state index is -0.995. The van der Waals surface area contributed by atoms with Crippen LogP contribution in [-0.4, -0.2) is 27.3 Å². The average Bonchev–Trinajstić information content (AvgIpc) is 2.63. The molecule has 1 aromatic carbocycles. The maximum Gasteiger partial charge on any atom is 0.214 e. The molecule has 0 aliphatic heterocycles. The van der Waals surface area contributed by atoms with Crippen molar-refractivity contribution in [3.63, 3.8) is 0 Å². The van der Waals surface area contributed by atoms with Gasteiger partial charge in [0.1, 0.15) is 12.4 Å². The lowest BCUT2D eigenvalue weighted by atomic mass is 9.98. The standard InChI is InChI=1S/C21H22FN3O2/c1-13-8-17(22)18(23)11-16(13)15-9-19(14-4-6-24-7-5-14)25-20(10-15)27-12-21(2,3)26/h4-11,26H,12,23H2,1-3H3. The highest BCUT2D eigenvalue weighted by atomic mass is 19.1. The molecule has 3 N–H and O–H groups in total. The van der Waals surface area contributed by atoms with Gasteiger partial charge in [-0.3, -0.25) is 4.98 Å². The van der Waals surface area contributed by atoms with E-state index in [2.05, 4.69) is 9.97 Å². The Labute approximate surface area is 157 Å². The first-order chi connectivity index (χ1) is 12.7. The van der Waals surface area contributed by atoms with E-state index in [1.807, 2.05) is 25.1 Å². The second-order valence-corrected chi connectivity index (χ2v) is 7.10. The zero-order valence-electron chi connectivity index (χ0n) is 15.5. The number of halogens is 1. The number of pyridine rings is 2. The van der Waals surface area contributed by atoms with Gasteiger partial charge < -0.3 is 15.6 Å². The van der Waals surface area contributed by atoms with Crippen LogP contribution in [0.25, 0.3) is 22.4 Å². The van der Waals surface area contributed by atoms with Crippen molar-refractivity contribution in [2.24, 2.45) is 0 Å². The summed E-state index contributed by atoms with van der Waals surface area (Å²) >= 11 is 0. The Kier molecular flexibility index (Phi) is 5.10. The van der Waals surface area contributed by atoms with Crippen LogP contribution in [0.15, 0.2) is 48.8 Å². The Morgan fingerprint density at radius 1 is 1.11 bits per heavy atom. The molecule has 140 valence electrons. The number of nitrogens with zero attached hydrogens (tertiary/aromatic N) is 2. The molecular formula is C21H22FN3O2. The molecule has 0 spiro atoms. The van der Waals surface area contributed by atoms with Crippen molar-refractivity contribution in [2.75, 3.05) is 12.3 Å². The Balaban J connectivity index is 2.11. The summed E-state index contributed by atoms with van der Waals surface area (Å²) in [6.07, 6.45) is 3.37. The molecule has 0 saturated heterocycles. The SMILES string of the molecule is Cc1cc(F)c(N)cc1-c1cc(OCC(C)(C)O)nc(-c2ccncc2)c1. The minimum Gasteiger partial charge on any atom is -0.475 e. The molecule has 2 aromatic heterocycles. The number of rotatable bonds is 5. The summed E-state index contributed by atoms with van der Waals surface area (Å²) in [5, 5.41) is 9.94. The highest BCUT2D eigenvalue weighted by Gasteiger charge is 2.16. The van der Waals surface area contributed by atoms with Crippen LogP contribution in [-0.2, 0) is 0 Å². The van der Waals surface area contributed by atoms with Crippen molar-refractivity contribution < 1.29 is 14.2 Å². The molecular weight excluding hydrogens is 345 g/mol. The third kappa shape index (κ3) is 4.60. The number of anilines is 1. The van der Waals surface area contributed by atoms with Crippen LogP contribution in [0, 0.1) is 12.7 Å². The molecule has 0 unspecified atom stereocenters. The largest absolute Gasteiger partial charge is 0.475 e. The van der Waals surface area contributed by atoms with Crippen LogP contribution in [0.3, 0.4) is 0 Å². The zero-order valence-corrected chi connectivity index (χ0v) is 15.5. The fourth-order valence-corrected chi connectivity index (χ4v) is 2.66. The Bertz CT molecular complexity index is 954. The van der Waals surface area contributed by atoms with Gasteiger partial charge in [0.2, 0.25) is 5.88 Å². The summed E-state index contributed by atoms with van der Waals surface area (Å²) in [5.41, 5.74) is 8.74. The fraction of sp³-hybridized carbons (Fsp3) is 0.238. The van der Waals surface area contributed by atoms with E-state index in [9.17, 15) is 9.50 Å². The molecule has 0 atom stereocenters. The van der Waals surface area contributed by atoms with Gasteiger partial charge >= 0.3 is 0 Å². The second kappa shape index (κ2) is 7.32. The first kappa shape index (κ1) is 18.8. The van der Waals surface area contributed by atoms with Crippen LogP contribution in [0.1, 0.15) is 19.4 Å². The molecule has 0 bridgehead atoms. The third-order valence-electron chi connectivity index (χ3n) is 4.01. The molecule has 0 fully saturated rings. The smallest absolute Gasteiger partial charge is 0.214 e. The van der Waals surface area contributed by atoms with Crippen molar-refractivity contribution >= 4 is 5.69 Å². The Hall–Kier alpha value is -2.99. The molecule has 27 heavy (non-hydrogen) atoms. The molecule has 6 heteroatoms. The van der Waals surface area contributed by atoms with Crippen molar-refractivity contribution in [3.8, 4) is 28.3 Å². The highest BCUT2D eigenvalue weighted by Crippen LogP contribution is 2.32. The molecule has 0 amide bonds. The average molecular weight is 367 g/mol. The van der Waals surface area contributed by atoms with Gasteiger partial charge in [-0.25, -0.2) is 9.37 Å². The number of hydrogen-bond donors (Lipinski definition) is 2. The molecule has 3 rings (SSSR count). The normalized spacial score (nSPS) is 11.4. The summed E-state index contributed by atoms with van der Waals surface area (Å²) in [5.74, 6) is -0.0816. The van der Waals surface area contributed by atoms with Gasteiger partial charge in [0.05, 0.1) is 17.0 Å². The van der Waals surface area contributed by atoms with E-state index in [0.717, 1.165) is 22.3 Å². The van der Waals surface area contributed by atoms with Gasteiger partial charge in [-0.2, -0.15) is 0 Å². The van der Waals surface area contributed by atoms with Gasteiger partial charge in [0.25, 0.3) is 0 Å². The van der Waals surface area contributed by atoms with Crippen molar-refractivity contribution in [2.45, 2.75) is 26.4 Å². The lowest BCUT2D eigenvalue weighted by Gasteiger charge is -2.18. The predicted octanol–water partition coefficient (Wildman–Crippen LogP) is 3.99. The Morgan fingerprint density at radius 2 is 1.81 bits per heavy atom. The summed E-state index contributed by atoms with van der Waals surface area (Å²) in [6.45, 7) is 5.22. The maximum atomic E-state index is 13.8. The van der Waals surface area contributed by atoms with E-state index in [-0.39, 0.29) is 12.3 Å². The molecule has 0 radical (unpaired) electrons. The van der Waals surface area contributed by atoms with E-state index in [4.69, 9.17) is 10.5 Å². The van der Waals surface area contributed by atoms with Gasteiger partial charge in [-0.05, 0) is 67.8 Å². The first-order valence-corrected chi connectivity index (χ1v) is 8.56. The van der Waals surface area contributed by atoms with E-state index < -0.39 is 11.4 Å². The lowest BCUT2D eigenvalue weighted by Crippen LogP contribution is -2.28. The predicted molar refractivity (Wildman–Crippen MR) is 104 cm³/mol. The highest BCUT2D eigenvalue weighted by molar-refractivity contribution is 5.75. The van der Waals surface area contributed by atoms with Crippen LogP contribution in [0.5, 0.6) is 5.88 Å². The zero-order chi connectivity index (χ0) is 19.6. The number of aromatic nitrogens is 2. The van der Waals surface area contributed by atoms with E-state index >= 15 is 0 Å². The lowest BCUT2D eigenvalue weighted by molar-refractivity contribution is 0.0269. The molecule has 5 nitrogen and oxygen atoms in total. The summed E-state index contributed by atoms with van der Waals surface area (Å²) < 4.78 is 19.5. The molecule has 0 saturated carbocycles. The van der Waals surface area contributed by atoms with Gasteiger partial charge in [-0.1, -0.05) is 0 Å². The summed E-state index contributed by atoms with van der Waals surface area (Å²) in [6, 6.07) is 10.4. The number of ether oxygens (including phenoxy) is 1. The third-order valence-corrected chi connectivity index (χ3v) is 4.01. The maximum absolute atomic E-state index is 13.8. The first-order valence-electron chi connectivity index (χ1n) is 8.56. The fourth-order valence-electron chi connectivity index (χ4n) is 2.66. The minimum absolute atomic E-state index is 0.0804. The van der Waals surface area contributed by atoms with Crippen LogP contribution in [0.4, 0.5) is 10.1 Å². The van der Waals surface area contributed by atoms with Crippen LogP contribution < -0.4 is 10.5 Å². The van der Waals surface area contributed by atoms with Crippen LogP contribution >= 0.6 is 0 Å². The molecule has 3 aromatic rings. The number of nitrogen functional groups attached to an aromatic ring is 1. The van der Waals surface area contributed by atoms with E-state index in [0.29, 0.717) is 11.6 Å². The number of hydrogen-bond acceptors (Lipinski definition) is 5. The number of benzene rings is 1. The molecule has 0 aliphatic carbocycles. The molecule has 2 heterocycles. The van der Waals surface area contributed by atoms with Crippen molar-refractivity contribution in [1.82, 2.24) is 9.97 Å². The van der Waals surface area contributed by atoms with Gasteiger partial charge in [-0.15, -0.1) is 0 Å². The second-order valence-electron chi connectivity index (χ2n) is 7.10. The summed E-state index contributed by atoms with van der Waals surface area (Å²) in [7, 11) is 0. The van der Waals surface area contributed by atoms with E-state index in [1.54, 1.807) is 38.4 Å². The summed E-state index contributed by atoms with van der Waals surface area (Å²) in [4.78, 5) is 8.56. The van der Waals surface area contributed by atoms with Gasteiger partial charge in [0.15, 0.2) is 0 Å². The quantitative estimate of drug-likeness (QED) is 0.667. The Morgan fingerprint density at radius 3 is 2.48 bits per heavy atom. The number of aliphatic hydroxyl groups is 1. The van der Waals surface area contributed by atoms with E-state index in [1.165, 1.54) is 6.07 Å². The van der Waals surface area contributed by atoms with Crippen molar-refractivity contribution in [3.05, 3.63) is 60.2 Å². The monoisotopic (exact) mass is 367 g/mol. The topological polar surface area (TPSA) is 81.3 Å². The van der Waals surface area contributed by atoms with Crippen molar-refractivity contribution in [1.29, 1.82) is 0 Å². The van der Waals surface area contributed by atoms with Crippen LogP contribution in [0.2, 0.25) is 0 Å².